The van der Waals surface area contributed by atoms with Crippen molar-refractivity contribution < 1.29 is 10.2 Å². The number of H-pyrrole nitrogens is 1. The van der Waals surface area contributed by atoms with E-state index >= 15 is 0 Å². The predicted molar refractivity (Wildman–Crippen MR) is 66.9 cm³/mol. The molecule has 96 valence electrons. The van der Waals surface area contributed by atoms with Gasteiger partial charge in [0, 0.05) is 18.7 Å². The zero-order valence-corrected chi connectivity index (χ0v) is 9.87. The van der Waals surface area contributed by atoms with Crippen molar-refractivity contribution in [3.8, 4) is 0 Å². The maximum Gasteiger partial charge on any atom is 0.151 e. The molecule has 3 atom stereocenters. The van der Waals surface area contributed by atoms with Crippen molar-refractivity contribution in [3.05, 3.63) is 18.1 Å². The largest absolute Gasteiger partial charge is 0.396 e. The number of anilines is 1. The van der Waals surface area contributed by atoms with E-state index in [-0.39, 0.29) is 18.4 Å². The summed E-state index contributed by atoms with van der Waals surface area (Å²) in [6, 6.07) is 0. The number of nitrogens with zero attached hydrogens (tertiary/aromatic N) is 2. The average Bonchev–Trinajstić information content (AvgIpc) is 2.93. The van der Waals surface area contributed by atoms with Crippen LogP contribution in [0.3, 0.4) is 0 Å². The number of hydrogen-bond donors (Lipinski definition) is 4. The Labute approximate surface area is 104 Å². The number of aliphatic hydroxyl groups excluding tert-OH is 2. The van der Waals surface area contributed by atoms with Crippen LogP contribution in [-0.4, -0.2) is 37.9 Å². The fraction of sp³-hybridized carbons (Fsp3) is 0.500. The number of nitrogens with one attached hydrogen (secondary N) is 1. The first-order valence-electron chi connectivity index (χ1n) is 6.07. The first-order valence-corrected chi connectivity index (χ1v) is 6.07. The summed E-state index contributed by atoms with van der Waals surface area (Å²) in [5.41, 5.74) is 8.39. The van der Waals surface area contributed by atoms with Gasteiger partial charge in [-0.15, -0.1) is 0 Å². The zero-order valence-electron chi connectivity index (χ0n) is 9.87. The minimum atomic E-state index is -0.441. The molecule has 2 aromatic heterocycles. The Morgan fingerprint density at radius 1 is 1.39 bits per heavy atom. The smallest absolute Gasteiger partial charge is 0.151 e. The van der Waals surface area contributed by atoms with Crippen LogP contribution >= 0.6 is 0 Å². The summed E-state index contributed by atoms with van der Waals surface area (Å²) in [6.07, 6.45) is 4.32. The molecule has 6 nitrogen and oxygen atoms in total. The van der Waals surface area contributed by atoms with Gasteiger partial charge in [0.05, 0.1) is 11.6 Å². The lowest BCUT2D eigenvalue weighted by Crippen LogP contribution is -2.16. The van der Waals surface area contributed by atoms with Gasteiger partial charge in [0.25, 0.3) is 0 Å². The topological polar surface area (TPSA) is 108 Å². The fourth-order valence-corrected chi connectivity index (χ4v) is 2.84. The number of hydrogen-bond acceptors (Lipinski definition) is 5. The summed E-state index contributed by atoms with van der Waals surface area (Å²) in [7, 11) is 0. The molecule has 6 heteroatoms. The molecule has 0 aliphatic heterocycles. The molecule has 0 saturated heterocycles. The Balaban J connectivity index is 1.99. The molecule has 0 spiro atoms. The van der Waals surface area contributed by atoms with Crippen molar-refractivity contribution in [3.63, 3.8) is 0 Å². The van der Waals surface area contributed by atoms with Crippen LogP contribution in [0.2, 0.25) is 0 Å². The maximum absolute atomic E-state index is 9.86. The van der Waals surface area contributed by atoms with Gasteiger partial charge in [0.2, 0.25) is 0 Å². The third-order valence-corrected chi connectivity index (χ3v) is 3.85. The minimum absolute atomic E-state index is 0.0249. The lowest BCUT2D eigenvalue weighted by Gasteiger charge is -2.08. The average molecular weight is 248 g/mol. The second-order valence-electron chi connectivity index (χ2n) is 4.90. The van der Waals surface area contributed by atoms with Crippen molar-refractivity contribution >= 4 is 16.9 Å². The molecule has 2 aromatic rings. The van der Waals surface area contributed by atoms with E-state index in [1.54, 1.807) is 0 Å². The normalized spacial score (nSPS) is 28.0. The Morgan fingerprint density at radius 3 is 2.94 bits per heavy atom. The van der Waals surface area contributed by atoms with Crippen LogP contribution in [0.15, 0.2) is 12.5 Å². The highest BCUT2D eigenvalue weighted by Gasteiger charge is 2.34. The second kappa shape index (κ2) is 4.22. The molecule has 1 aliphatic carbocycles. The third-order valence-electron chi connectivity index (χ3n) is 3.85. The molecule has 5 N–H and O–H groups in total. The van der Waals surface area contributed by atoms with Crippen LogP contribution in [-0.2, 0) is 0 Å². The highest BCUT2D eigenvalue weighted by Crippen LogP contribution is 2.40. The number of aliphatic hydroxyl groups is 2. The maximum atomic E-state index is 9.86. The Morgan fingerprint density at radius 2 is 2.22 bits per heavy atom. The molecular formula is C12H16N4O2. The number of nitrogens with two attached hydrogens (primary N) is 1. The van der Waals surface area contributed by atoms with Gasteiger partial charge >= 0.3 is 0 Å². The fourth-order valence-electron chi connectivity index (χ4n) is 2.84. The van der Waals surface area contributed by atoms with Gasteiger partial charge < -0.3 is 20.9 Å². The van der Waals surface area contributed by atoms with Gasteiger partial charge in [0.15, 0.2) is 5.82 Å². The standard InChI is InChI=1S/C12H16N4O2/c13-12-11-10(15-5-16-12)8(3-14-11)6-1-7(4-17)9(18)2-6/h3,5-7,9,14,17-18H,1-2,4H2,(H2,13,15,16)/t6-,7-,9+/m1/s1. The van der Waals surface area contributed by atoms with Crippen LogP contribution in [0.25, 0.3) is 11.0 Å². The lowest BCUT2D eigenvalue weighted by atomic mass is 9.98. The predicted octanol–water partition coefficient (Wildman–Crippen LogP) is 0.387. The van der Waals surface area contributed by atoms with Crippen LogP contribution in [0.5, 0.6) is 0 Å². The monoisotopic (exact) mass is 248 g/mol. The van der Waals surface area contributed by atoms with E-state index in [0.717, 1.165) is 23.0 Å². The van der Waals surface area contributed by atoms with Crippen molar-refractivity contribution in [2.24, 2.45) is 5.92 Å². The summed E-state index contributed by atoms with van der Waals surface area (Å²) >= 11 is 0. The number of aromatic nitrogens is 3. The molecule has 2 heterocycles. The van der Waals surface area contributed by atoms with Crippen molar-refractivity contribution in [1.82, 2.24) is 15.0 Å². The highest BCUT2D eigenvalue weighted by atomic mass is 16.3. The van der Waals surface area contributed by atoms with E-state index in [0.29, 0.717) is 12.2 Å². The first-order chi connectivity index (χ1) is 8.70. The molecule has 0 radical (unpaired) electrons. The minimum Gasteiger partial charge on any atom is -0.396 e. The summed E-state index contributed by atoms with van der Waals surface area (Å²) in [5, 5.41) is 19.1. The first kappa shape index (κ1) is 11.4. The Bertz CT molecular complexity index is 568. The molecule has 1 fully saturated rings. The van der Waals surface area contributed by atoms with E-state index in [9.17, 15) is 10.2 Å². The van der Waals surface area contributed by atoms with Crippen molar-refractivity contribution in [2.45, 2.75) is 24.9 Å². The van der Waals surface area contributed by atoms with Crippen molar-refractivity contribution in [1.29, 1.82) is 0 Å². The van der Waals surface area contributed by atoms with Gasteiger partial charge in [-0.05, 0) is 24.3 Å². The van der Waals surface area contributed by atoms with E-state index in [2.05, 4.69) is 15.0 Å². The Hall–Kier alpha value is -1.66. The van der Waals surface area contributed by atoms with Gasteiger partial charge in [-0.25, -0.2) is 9.97 Å². The van der Waals surface area contributed by atoms with Crippen LogP contribution in [0.1, 0.15) is 24.3 Å². The summed E-state index contributed by atoms with van der Waals surface area (Å²) in [5.74, 6) is 0.600. The molecule has 0 unspecified atom stereocenters. The number of aromatic amines is 1. The lowest BCUT2D eigenvalue weighted by molar-refractivity contribution is 0.0908. The van der Waals surface area contributed by atoms with E-state index in [1.807, 2.05) is 6.20 Å². The zero-order chi connectivity index (χ0) is 12.7. The molecule has 0 amide bonds. The highest BCUT2D eigenvalue weighted by molar-refractivity contribution is 5.87. The summed E-state index contributed by atoms with van der Waals surface area (Å²) in [6.45, 7) is 0.0249. The quantitative estimate of drug-likeness (QED) is 0.614. The van der Waals surface area contributed by atoms with E-state index in [1.165, 1.54) is 6.33 Å². The molecule has 0 bridgehead atoms. The summed E-state index contributed by atoms with van der Waals surface area (Å²) in [4.78, 5) is 11.3. The summed E-state index contributed by atoms with van der Waals surface area (Å²) < 4.78 is 0. The van der Waals surface area contributed by atoms with Crippen LogP contribution in [0, 0.1) is 5.92 Å². The number of rotatable bonds is 2. The van der Waals surface area contributed by atoms with Gasteiger partial charge in [-0.1, -0.05) is 0 Å². The van der Waals surface area contributed by atoms with Gasteiger partial charge in [0.1, 0.15) is 11.8 Å². The van der Waals surface area contributed by atoms with E-state index in [4.69, 9.17) is 5.73 Å². The molecule has 18 heavy (non-hydrogen) atoms. The molecule has 1 aliphatic rings. The van der Waals surface area contributed by atoms with Gasteiger partial charge in [-0.2, -0.15) is 0 Å². The number of nitrogen functional groups attached to an aromatic ring is 1. The molecular weight excluding hydrogens is 232 g/mol. The van der Waals surface area contributed by atoms with E-state index < -0.39 is 6.10 Å². The van der Waals surface area contributed by atoms with Gasteiger partial charge in [-0.3, -0.25) is 0 Å². The van der Waals surface area contributed by atoms with Crippen LogP contribution in [0.4, 0.5) is 5.82 Å². The number of fused-ring (bicyclic) bond motifs is 1. The Kier molecular flexibility index (Phi) is 2.68. The molecule has 3 rings (SSSR count). The molecule has 1 saturated carbocycles. The molecule has 0 aromatic carbocycles. The second-order valence-corrected chi connectivity index (χ2v) is 4.90. The van der Waals surface area contributed by atoms with Crippen LogP contribution < -0.4 is 5.73 Å². The SMILES string of the molecule is Nc1ncnc2c([C@@H]3C[C@H](CO)[C@@H](O)C3)c[nH]c12. The van der Waals surface area contributed by atoms with Crippen molar-refractivity contribution in [2.75, 3.05) is 12.3 Å². The third kappa shape index (κ3) is 1.65.